The number of aromatic nitrogens is 3. The number of methoxy groups -OCH3 is 1. The van der Waals surface area contributed by atoms with Gasteiger partial charge in [0, 0.05) is 11.1 Å². The summed E-state index contributed by atoms with van der Waals surface area (Å²) in [6.07, 6.45) is 0. The Labute approximate surface area is 224 Å². The Balaban J connectivity index is 1.26. The van der Waals surface area contributed by atoms with Gasteiger partial charge in [-0.3, -0.25) is 10.1 Å². The summed E-state index contributed by atoms with van der Waals surface area (Å²) in [5.41, 5.74) is 4.42. The van der Waals surface area contributed by atoms with Crippen LogP contribution in [0.5, 0.6) is 5.75 Å². The Morgan fingerprint density at radius 3 is 2.26 bits per heavy atom. The molecule has 0 aliphatic rings. The van der Waals surface area contributed by atoms with E-state index < -0.39 is 0 Å². The number of nitrogens with zero attached hydrogens (tertiary/aromatic N) is 3. The quantitative estimate of drug-likeness (QED) is 0.272. The van der Waals surface area contributed by atoms with Gasteiger partial charge in [-0.25, -0.2) is 0 Å². The molecule has 1 amide bonds. The number of nitrogens with one attached hydrogen (secondary N) is 2. The van der Waals surface area contributed by atoms with Crippen LogP contribution in [0.25, 0.3) is 38.3 Å². The highest BCUT2D eigenvalue weighted by Gasteiger charge is 2.16. The number of fused-ring (bicyclic) bond motifs is 3. The molecule has 0 saturated carbocycles. The molecule has 0 fully saturated rings. The third-order valence-electron chi connectivity index (χ3n) is 6.50. The second-order valence-corrected chi connectivity index (χ2v) is 9.36. The zero-order valence-corrected chi connectivity index (χ0v) is 21.5. The lowest BCUT2D eigenvalue weighted by Crippen LogP contribution is -2.34. The zero-order chi connectivity index (χ0) is 26.2. The lowest BCUT2D eigenvalue weighted by molar-refractivity contribution is 0.0975. The molecule has 0 spiro atoms. The van der Waals surface area contributed by atoms with Crippen molar-refractivity contribution in [2.24, 2.45) is 0 Å². The number of rotatable bonds is 4. The first-order valence-electron chi connectivity index (χ1n) is 12.0. The van der Waals surface area contributed by atoms with Crippen molar-refractivity contribution in [2.75, 3.05) is 12.4 Å². The topological polar surface area (TPSA) is 81.1 Å². The highest BCUT2D eigenvalue weighted by Crippen LogP contribution is 2.27. The van der Waals surface area contributed by atoms with Crippen molar-refractivity contribution in [3.8, 4) is 11.4 Å². The normalized spacial score (nSPS) is 11.1. The second kappa shape index (κ2) is 9.57. The molecule has 0 radical (unpaired) electrons. The summed E-state index contributed by atoms with van der Waals surface area (Å²) >= 11 is 5.48. The van der Waals surface area contributed by atoms with Crippen LogP contribution in [-0.2, 0) is 0 Å². The monoisotopic (exact) mass is 517 g/mol. The van der Waals surface area contributed by atoms with Gasteiger partial charge in [-0.05, 0) is 71.2 Å². The molecule has 0 aliphatic carbocycles. The minimum atomic E-state index is -0.356. The van der Waals surface area contributed by atoms with Gasteiger partial charge in [0.25, 0.3) is 5.91 Å². The molecule has 6 aromatic rings. The van der Waals surface area contributed by atoms with Crippen LogP contribution in [0.1, 0.15) is 15.9 Å². The Bertz CT molecular complexity index is 1870. The fourth-order valence-corrected chi connectivity index (χ4v) is 4.79. The van der Waals surface area contributed by atoms with Crippen molar-refractivity contribution in [1.29, 1.82) is 0 Å². The number of anilines is 1. The van der Waals surface area contributed by atoms with Gasteiger partial charge >= 0.3 is 0 Å². The maximum Gasteiger partial charge on any atom is 0.261 e. The Morgan fingerprint density at radius 2 is 1.50 bits per heavy atom. The molecule has 0 aliphatic heterocycles. The first-order valence-corrected chi connectivity index (χ1v) is 12.5. The molecule has 6 rings (SSSR count). The fourth-order valence-electron chi connectivity index (χ4n) is 4.58. The van der Waals surface area contributed by atoms with Gasteiger partial charge in [-0.1, -0.05) is 60.7 Å². The third-order valence-corrected chi connectivity index (χ3v) is 6.70. The summed E-state index contributed by atoms with van der Waals surface area (Å²) in [5.74, 6) is 0.123. The van der Waals surface area contributed by atoms with Crippen molar-refractivity contribution in [1.82, 2.24) is 20.3 Å². The van der Waals surface area contributed by atoms with Gasteiger partial charge in [-0.2, -0.15) is 0 Å². The number of amides is 1. The molecular formula is C30H23N5O2S. The number of aryl methyl sites for hydroxylation is 1. The average Bonchev–Trinajstić information content (AvgIpc) is 3.34. The Morgan fingerprint density at radius 1 is 0.842 bits per heavy atom. The summed E-state index contributed by atoms with van der Waals surface area (Å²) in [6, 6.07) is 29.5. The van der Waals surface area contributed by atoms with Crippen LogP contribution in [0.3, 0.4) is 0 Å². The van der Waals surface area contributed by atoms with E-state index in [1.54, 1.807) is 18.0 Å². The number of hydrogen-bond acceptors (Lipinski definition) is 5. The maximum atomic E-state index is 13.1. The maximum absolute atomic E-state index is 13.1. The molecule has 5 aromatic carbocycles. The lowest BCUT2D eigenvalue weighted by Gasteiger charge is -2.14. The van der Waals surface area contributed by atoms with Gasteiger partial charge < -0.3 is 10.1 Å². The molecular weight excluding hydrogens is 494 g/mol. The van der Waals surface area contributed by atoms with E-state index in [0.29, 0.717) is 16.8 Å². The smallest absolute Gasteiger partial charge is 0.261 e. The third kappa shape index (κ3) is 4.31. The van der Waals surface area contributed by atoms with Crippen LogP contribution >= 0.6 is 12.2 Å². The van der Waals surface area contributed by atoms with Crippen molar-refractivity contribution in [2.45, 2.75) is 6.92 Å². The Hall–Kier alpha value is -4.82. The summed E-state index contributed by atoms with van der Waals surface area (Å²) in [6.45, 7) is 1.95. The molecule has 0 unspecified atom stereocenters. The van der Waals surface area contributed by atoms with E-state index in [2.05, 4.69) is 28.8 Å². The van der Waals surface area contributed by atoms with E-state index in [1.807, 2.05) is 73.7 Å². The van der Waals surface area contributed by atoms with Gasteiger partial charge in [0.1, 0.15) is 16.8 Å². The average molecular weight is 518 g/mol. The highest BCUT2D eigenvalue weighted by molar-refractivity contribution is 7.80. The van der Waals surface area contributed by atoms with Crippen molar-refractivity contribution >= 4 is 61.5 Å². The number of ether oxygens (including phenoxy) is 1. The predicted molar refractivity (Wildman–Crippen MR) is 155 cm³/mol. The van der Waals surface area contributed by atoms with Gasteiger partial charge in [0.2, 0.25) is 0 Å². The van der Waals surface area contributed by atoms with Gasteiger partial charge in [-0.15, -0.1) is 15.0 Å². The van der Waals surface area contributed by atoms with Crippen LogP contribution in [0.15, 0.2) is 91.0 Å². The summed E-state index contributed by atoms with van der Waals surface area (Å²) in [7, 11) is 1.54. The second-order valence-electron chi connectivity index (χ2n) is 8.95. The van der Waals surface area contributed by atoms with E-state index in [0.717, 1.165) is 44.0 Å². The van der Waals surface area contributed by atoms with Crippen LogP contribution in [-0.4, -0.2) is 33.1 Å². The van der Waals surface area contributed by atoms with Crippen molar-refractivity contribution < 1.29 is 9.53 Å². The van der Waals surface area contributed by atoms with E-state index in [1.165, 1.54) is 0 Å². The number of carbonyl (C=O) groups excluding carboxylic acids is 1. The van der Waals surface area contributed by atoms with E-state index in [-0.39, 0.29) is 11.0 Å². The number of thiocarbonyl (C=S) groups is 1. The summed E-state index contributed by atoms with van der Waals surface area (Å²) < 4.78 is 5.47. The molecule has 38 heavy (non-hydrogen) atoms. The number of hydrogen-bond donors (Lipinski definition) is 2. The van der Waals surface area contributed by atoms with Crippen LogP contribution in [0.2, 0.25) is 0 Å². The van der Waals surface area contributed by atoms with Crippen LogP contribution in [0, 0.1) is 6.92 Å². The molecule has 7 nitrogen and oxygen atoms in total. The van der Waals surface area contributed by atoms with Crippen LogP contribution < -0.4 is 15.4 Å². The first kappa shape index (κ1) is 23.6. The molecule has 0 bridgehead atoms. The fraction of sp³-hybridized carbons (Fsp3) is 0.0667. The zero-order valence-electron chi connectivity index (χ0n) is 20.7. The van der Waals surface area contributed by atoms with Crippen LogP contribution in [0.4, 0.5) is 5.69 Å². The van der Waals surface area contributed by atoms with Crippen molar-refractivity contribution in [3.63, 3.8) is 0 Å². The van der Waals surface area contributed by atoms with E-state index in [9.17, 15) is 4.79 Å². The standard InChI is InChI=1S/C30H23N5O2S/c1-18-14-25-26(34-35(33-25)27-13-7-11-19-8-5-6-12-22(19)27)17-24(18)31-30(38)32-29(36)23-15-20-9-3-4-10-21(20)16-28(23)37-2/h3-17H,1-2H3,(H2,31,32,36,38). The molecule has 8 heteroatoms. The minimum Gasteiger partial charge on any atom is -0.496 e. The lowest BCUT2D eigenvalue weighted by atomic mass is 10.1. The molecule has 2 N–H and O–H groups in total. The molecule has 0 saturated heterocycles. The minimum absolute atomic E-state index is 0.175. The van der Waals surface area contributed by atoms with Gasteiger partial charge in [0.15, 0.2) is 5.11 Å². The number of benzene rings is 5. The predicted octanol–water partition coefficient (Wildman–Crippen LogP) is 6.17. The van der Waals surface area contributed by atoms with Gasteiger partial charge in [0.05, 0.1) is 18.4 Å². The molecule has 0 atom stereocenters. The largest absolute Gasteiger partial charge is 0.496 e. The Kier molecular flexibility index (Phi) is 5.94. The first-order chi connectivity index (χ1) is 18.5. The highest BCUT2D eigenvalue weighted by atomic mass is 32.1. The number of carbonyl (C=O) groups is 1. The van der Waals surface area contributed by atoms with E-state index >= 15 is 0 Å². The molecule has 1 aromatic heterocycles. The van der Waals surface area contributed by atoms with Crippen molar-refractivity contribution in [3.05, 3.63) is 102 Å². The molecule has 1 heterocycles. The molecule has 186 valence electrons. The SMILES string of the molecule is COc1cc2ccccc2cc1C(=O)NC(=S)Nc1cc2nn(-c3cccc4ccccc34)nc2cc1C. The summed E-state index contributed by atoms with van der Waals surface area (Å²) in [4.78, 5) is 14.7. The van der Waals surface area contributed by atoms with E-state index in [4.69, 9.17) is 27.2 Å². The summed E-state index contributed by atoms with van der Waals surface area (Å²) in [5, 5.41) is 19.6.